The SMILES string of the molecule is CCN(CC)C(=O)COc1ccc(NC(=O)c2ccc(OC(F)F)cc2)cc1Cl. The van der Waals surface area contributed by atoms with Gasteiger partial charge in [0.05, 0.1) is 5.02 Å². The maximum atomic E-state index is 12.3. The number of ether oxygens (including phenoxy) is 2. The van der Waals surface area contributed by atoms with Gasteiger partial charge in [-0.2, -0.15) is 8.78 Å². The normalized spacial score (nSPS) is 10.6. The van der Waals surface area contributed by atoms with Crippen molar-refractivity contribution in [3.05, 3.63) is 53.1 Å². The van der Waals surface area contributed by atoms with Crippen molar-refractivity contribution in [2.75, 3.05) is 25.0 Å². The summed E-state index contributed by atoms with van der Waals surface area (Å²) in [5.41, 5.74) is 0.670. The van der Waals surface area contributed by atoms with Crippen molar-refractivity contribution in [3.63, 3.8) is 0 Å². The van der Waals surface area contributed by atoms with Crippen LogP contribution in [-0.4, -0.2) is 43.0 Å². The van der Waals surface area contributed by atoms with Gasteiger partial charge in [-0.05, 0) is 56.3 Å². The third-order valence-electron chi connectivity index (χ3n) is 4.00. The number of rotatable bonds is 9. The molecule has 2 aromatic carbocycles. The van der Waals surface area contributed by atoms with Crippen LogP contribution >= 0.6 is 11.6 Å². The number of nitrogens with zero attached hydrogens (tertiary/aromatic N) is 1. The van der Waals surface area contributed by atoms with Gasteiger partial charge < -0.3 is 19.7 Å². The molecular formula is C20H21ClF2N2O4. The lowest BCUT2D eigenvalue weighted by molar-refractivity contribution is -0.132. The standard InChI is InChI=1S/C20H21ClF2N2O4/c1-3-25(4-2)18(26)12-28-17-10-7-14(11-16(17)21)24-19(27)13-5-8-15(9-6-13)29-20(22)23/h5-11,20H,3-4,12H2,1-2H3,(H,24,27). The maximum Gasteiger partial charge on any atom is 0.387 e. The highest BCUT2D eigenvalue weighted by atomic mass is 35.5. The second kappa shape index (κ2) is 10.6. The Kier molecular flexibility index (Phi) is 8.21. The van der Waals surface area contributed by atoms with Gasteiger partial charge in [0, 0.05) is 24.3 Å². The molecule has 0 atom stereocenters. The lowest BCUT2D eigenvalue weighted by atomic mass is 10.2. The monoisotopic (exact) mass is 426 g/mol. The van der Waals surface area contributed by atoms with Crippen LogP contribution in [-0.2, 0) is 4.79 Å². The number of nitrogens with one attached hydrogen (secondary N) is 1. The highest BCUT2D eigenvalue weighted by Crippen LogP contribution is 2.28. The molecule has 0 aromatic heterocycles. The summed E-state index contributed by atoms with van der Waals surface area (Å²) in [5, 5.41) is 2.88. The van der Waals surface area contributed by atoms with Crippen LogP contribution in [0.3, 0.4) is 0 Å². The number of alkyl halides is 2. The third kappa shape index (κ3) is 6.60. The molecule has 156 valence electrons. The van der Waals surface area contributed by atoms with Gasteiger partial charge in [0.2, 0.25) is 0 Å². The van der Waals surface area contributed by atoms with Crippen LogP contribution in [0.4, 0.5) is 14.5 Å². The summed E-state index contributed by atoms with van der Waals surface area (Å²) in [6.07, 6.45) is 0. The minimum atomic E-state index is -2.93. The molecule has 0 saturated carbocycles. The Morgan fingerprint density at radius 3 is 2.31 bits per heavy atom. The number of benzene rings is 2. The Bertz CT molecular complexity index is 843. The molecule has 1 N–H and O–H groups in total. The molecule has 6 nitrogen and oxygen atoms in total. The topological polar surface area (TPSA) is 67.9 Å². The van der Waals surface area contributed by atoms with Crippen molar-refractivity contribution in [2.45, 2.75) is 20.5 Å². The van der Waals surface area contributed by atoms with E-state index < -0.39 is 12.5 Å². The van der Waals surface area contributed by atoms with Crippen molar-refractivity contribution in [1.82, 2.24) is 4.90 Å². The quantitative estimate of drug-likeness (QED) is 0.643. The summed E-state index contributed by atoms with van der Waals surface area (Å²) in [6.45, 7) is 1.87. The molecule has 0 aliphatic heterocycles. The van der Waals surface area contributed by atoms with Crippen LogP contribution in [0, 0.1) is 0 Å². The summed E-state index contributed by atoms with van der Waals surface area (Å²) in [4.78, 5) is 25.9. The zero-order valence-corrected chi connectivity index (χ0v) is 16.7. The maximum absolute atomic E-state index is 12.3. The van der Waals surface area contributed by atoms with Crippen LogP contribution < -0.4 is 14.8 Å². The molecular weight excluding hydrogens is 406 g/mol. The first-order valence-electron chi connectivity index (χ1n) is 8.90. The predicted molar refractivity (Wildman–Crippen MR) is 106 cm³/mol. The Balaban J connectivity index is 1.97. The molecule has 2 amide bonds. The number of anilines is 1. The molecule has 2 aromatic rings. The Labute approximate surface area is 172 Å². The van der Waals surface area contributed by atoms with E-state index >= 15 is 0 Å². The molecule has 0 aliphatic rings. The van der Waals surface area contributed by atoms with E-state index in [0.717, 1.165) is 0 Å². The second-order valence-electron chi connectivity index (χ2n) is 5.86. The lowest BCUT2D eigenvalue weighted by Gasteiger charge is -2.19. The van der Waals surface area contributed by atoms with Crippen LogP contribution in [0.5, 0.6) is 11.5 Å². The average Bonchev–Trinajstić information content (AvgIpc) is 2.68. The van der Waals surface area contributed by atoms with Gasteiger partial charge in [0.1, 0.15) is 11.5 Å². The highest BCUT2D eigenvalue weighted by molar-refractivity contribution is 6.32. The Morgan fingerprint density at radius 2 is 1.76 bits per heavy atom. The van der Waals surface area contributed by atoms with E-state index in [-0.39, 0.29) is 28.8 Å². The number of halogens is 3. The van der Waals surface area contributed by atoms with E-state index in [1.54, 1.807) is 17.0 Å². The van der Waals surface area contributed by atoms with Gasteiger partial charge in [-0.25, -0.2) is 0 Å². The van der Waals surface area contributed by atoms with Crippen molar-refractivity contribution in [2.24, 2.45) is 0 Å². The molecule has 0 aliphatic carbocycles. The number of amides is 2. The summed E-state index contributed by atoms with van der Waals surface area (Å²) < 4.78 is 34.0. The number of hydrogen-bond donors (Lipinski definition) is 1. The lowest BCUT2D eigenvalue weighted by Crippen LogP contribution is -2.34. The number of carbonyl (C=O) groups excluding carboxylic acids is 2. The van der Waals surface area contributed by atoms with Crippen LogP contribution in [0.1, 0.15) is 24.2 Å². The zero-order valence-electron chi connectivity index (χ0n) is 16.0. The first-order valence-corrected chi connectivity index (χ1v) is 9.28. The molecule has 0 radical (unpaired) electrons. The zero-order chi connectivity index (χ0) is 21.4. The smallest absolute Gasteiger partial charge is 0.387 e. The van der Waals surface area contributed by atoms with E-state index in [4.69, 9.17) is 16.3 Å². The minimum absolute atomic E-state index is 0.0413. The fourth-order valence-corrected chi connectivity index (χ4v) is 2.73. The van der Waals surface area contributed by atoms with E-state index in [1.165, 1.54) is 30.3 Å². The molecule has 0 fully saturated rings. The van der Waals surface area contributed by atoms with E-state index in [1.807, 2.05) is 13.8 Å². The minimum Gasteiger partial charge on any atom is -0.482 e. The van der Waals surface area contributed by atoms with Crippen LogP contribution in [0.15, 0.2) is 42.5 Å². The number of hydrogen-bond acceptors (Lipinski definition) is 4. The van der Waals surface area contributed by atoms with Gasteiger partial charge in [-0.15, -0.1) is 0 Å². The van der Waals surface area contributed by atoms with Crippen LogP contribution in [0.2, 0.25) is 5.02 Å². The van der Waals surface area contributed by atoms with E-state index in [9.17, 15) is 18.4 Å². The number of carbonyl (C=O) groups is 2. The number of likely N-dealkylation sites (N-methyl/N-ethyl adjacent to an activating group) is 1. The Hall–Kier alpha value is -2.87. The largest absolute Gasteiger partial charge is 0.482 e. The molecule has 0 unspecified atom stereocenters. The first kappa shape index (κ1) is 22.4. The van der Waals surface area contributed by atoms with Crippen molar-refractivity contribution >= 4 is 29.1 Å². The van der Waals surface area contributed by atoms with Gasteiger partial charge in [-0.1, -0.05) is 11.6 Å². The summed E-state index contributed by atoms with van der Waals surface area (Å²) in [5.74, 6) is -0.322. The van der Waals surface area contributed by atoms with E-state index in [2.05, 4.69) is 10.1 Å². The van der Waals surface area contributed by atoms with Crippen molar-refractivity contribution in [3.8, 4) is 11.5 Å². The van der Waals surface area contributed by atoms with Gasteiger partial charge in [0.15, 0.2) is 6.61 Å². The van der Waals surface area contributed by atoms with Crippen LogP contribution in [0.25, 0.3) is 0 Å². The van der Waals surface area contributed by atoms with Crippen molar-refractivity contribution in [1.29, 1.82) is 0 Å². The highest BCUT2D eigenvalue weighted by Gasteiger charge is 2.13. The molecule has 29 heavy (non-hydrogen) atoms. The molecule has 0 bridgehead atoms. The van der Waals surface area contributed by atoms with Gasteiger partial charge in [0.25, 0.3) is 11.8 Å². The fraction of sp³-hybridized carbons (Fsp3) is 0.300. The Morgan fingerprint density at radius 1 is 1.10 bits per heavy atom. The average molecular weight is 427 g/mol. The fourth-order valence-electron chi connectivity index (χ4n) is 2.49. The van der Waals surface area contributed by atoms with Gasteiger partial charge >= 0.3 is 6.61 Å². The third-order valence-corrected chi connectivity index (χ3v) is 4.29. The summed E-state index contributed by atoms with van der Waals surface area (Å²) in [6, 6.07) is 9.90. The second-order valence-corrected chi connectivity index (χ2v) is 6.26. The molecule has 9 heteroatoms. The molecule has 0 saturated heterocycles. The van der Waals surface area contributed by atoms with E-state index in [0.29, 0.717) is 24.5 Å². The molecule has 2 rings (SSSR count). The summed E-state index contributed by atoms with van der Waals surface area (Å²) >= 11 is 6.17. The van der Waals surface area contributed by atoms with Gasteiger partial charge in [-0.3, -0.25) is 9.59 Å². The van der Waals surface area contributed by atoms with Crippen molar-refractivity contribution < 1.29 is 27.8 Å². The predicted octanol–water partition coefficient (Wildman–Crippen LogP) is 4.44. The first-order chi connectivity index (χ1) is 13.8. The molecule has 0 heterocycles. The summed E-state index contributed by atoms with van der Waals surface area (Å²) in [7, 11) is 0. The molecule has 0 spiro atoms.